The number of pyridine rings is 1. The summed E-state index contributed by atoms with van der Waals surface area (Å²) in [6, 6.07) is 4.46. The van der Waals surface area contributed by atoms with Crippen molar-refractivity contribution >= 4 is 0 Å². The molecule has 70 valence electrons. The molecule has 3 nitrogen and oxygen atoms in total. The monoisotopic (exact) mass is 177 g/mol. The van der Waals surface area contributed by atoms with E-state index in [1.807, 2.05) is 12.3 Å². The first-order valence-corrected chi connectivity index (χ1v) is 4.71. The van der Waals surface area contributed by atoms with Crippen LogP contribution < -0.4 is 5.73 Å². The Bertz CT molecular complexity index is 260. The van der Waals surface area contributed by atoms with Crippen molar-refractivity contribution in [2.24, 2.45) is 5.73 Å². The number of nitrogens with zero attached hydrogens (tertiary/aromatic N) is 2. The molecular weight excluding hydrogens is 162 g/mol. The van der Waals surface area contributed by atoms with E-state index in [0.717, 1.165) is 26.1 Å². The quantitative estimate of drug-likeness (QED) is 0.720. The van der Waals surface area contributed by atoms with E-state index in [2.05, 4.69) is 16.0 Å². The van der Waals surface area contributed by atoms with E-state index in [0.29, 0.717) is 6.04 Å². The minimum atomic E-state index is 0.372. The fourth-order valence-electron chi connectivity index (χ4n) is 1.76. The van der Waals surface area contributed by atoms with Gasteiger partial charge in [-0.25, -0.2) is 0 Å². The lowest BCUT2D eigenvalue weighted by Crippen LogP contribution is -2.26. The lowest BCUT2D eigenvalue weighted by Gasteiger charge is -2.14. The van der Waals surface area contributed by atoms with Crippen molar-refractivity contribution in [3.8, 4) is 0 Å². The molecule has 1 aliphatic rings. The van der Waals surface area contributed by atoms with E-state index >= 15 is 0 Å². The Morgan fingerprint density at radius 2 is 2.54 bits per heavy atom. The second-order valence-electron chi connectivity index (χ2n) is 3.65. The number of rotatable bonds is 2. The van der Waals surface area contributed by atoms with Crippen LogP contribution in [0.2, 0.25) is 0 Å². The molecule has 0 aliphatic carbocycles. The van der Waals surface area contributed by atoms with Gasteiger partial charge in [0.15, 0.2) is 0 Å². The molecule has 1 saturated heterocycles. The largest absolute Gasteiger partial charge is 0.326 e. The third kappa shape index (κ3) is 2.26. The van der Waals surface area contributed by atoms with Crippen LogP contribution in [0.3, 0.4) is 0 Å². The van der Waals surface area contributed by atoms with Gasteiger partial charge in [0.05, 0.1) is 0 Å². The molecule has 0 spiro atoms. The van der Waals surface area contributed by atoms with Crippen LogP contribution in [-0.2, 0) is 6.54 Å². The van der Waals surface area contributed by atoms with Crippen molar-refractivity contribution in [1.82, 2.24) is 9.88 Å². The molecule has 2 N–H and O–H groups in total. The average Bonchev–Trinajstić information content (AvgIpc) is 2.53. The highest BCUT2D eigenvalue weighted by atomic mass is 15.2. The lowest BCUT2D eigenvalue weighted by molar-refractivity contribution is 0.326. The Kier molecular flexibility index (Phi) is 2.57. The van der Waals surface area contributed by atoms with Crippen LogP contribution in [0.25, 0.3) is 0 Å². The van der Waals surface area contributed by atoms with Crippen molar-refractivity contribution in [1.29, 1.82) is 0 Å². The Hall–Kier alpha value is -0.930. The number of aromatic nitrogens is 1. The summed E-state index contributed by atoms with van der Waals surface area (Å²) in [5.74, 6) is 0. The molecule has 0 bridgehead atoms. The minimum Gasteiger partial charge on any atom is -0.326 e. The van der Waals surface area contributed by atoms with Gasteiger partial charge in [0, 0.05) is 38.1 Å². The Balaban J connectivity index is 1.92. The average molecular weight is 177 g/mol. The second kappa shape index (κ2) is 3.85. The predicted octanol–water partition coefficient (Wildman–Crippen LogP) is 0.615. The van der Waals surface area contributed by atoms with Crippen LogP contribution in [0, 0.1) is 0 Å². The summed E-state index contributed by atoms with van der Waals surface area (Å²) in [5.41, 5.74) is 7.10. The molecule has 0 radical (unpaired) electrons. The minimum absolute atomic E-state index is 0.372. The van der Waals surface area contributed by atoms with Gasteiger partial charge in [-0.05, 0) is 18.1 Å². The highest BCUT2D eigenvalue weighted by Gasteiger charge is 2.18. The molecule has 1 atom stereocenters. The zero-order chi connectivity index (χ0) is 9.10. The van der Waals surface area contributed by atoms with Crippen LogP contribution in [0.15, 0.2) is 24.5 Å². The van der Waals surface area contributed by atoms with Crippen molar-refractivity contribution in [3.63, 3.8) is 0 Å². The fraction of sp³-hybridized carbons (Fsp3) is 0.500. The molecule has 1 aromatic heterocycles. The third-order valence-corrected chi connectivity index (χ3v) is 2.44. The van der Waals surface area contributed by atoms with Gasteiger partial charge in [-0.15, -0.1) is 0 Å². The van der Waals surface area contributed by atoms with Gasteiger partial charge in [0.2, 0.25) is 0 Å². The van der Waals surface area contributed by atoms with Gasteiger partial charge in [-0.3, -0.25) is 9.88 Å². The Morgan fingerprint density at radius 3 is 3.15 bits per heavy atom. The van der Waals surface area contributed by atoms with Crippen LogP contribution in [-0.4, -0.2) is 29.0 Å². The van der Waals surface area contributed by atoms with E-state index in [1.165, 1.54) is 5.56 Å². The first-order valence-electron chi connectivity index (χ1n) is 4.71. The third-order valence-electron chi connectivity index (χ3n) is 2.44. The lowest BCUT2D eigenvalue weighted by atomic mass is 10.3. The summed E-state index contributed by atoms with van der Waals surface area (Å²) < 4.78 is 0. The molecule has 0 saturated carbocycles. The van der Waals surface area contributed by atoms with E-state index in [9.17, 15) is 0 Å². The van der Waals surface area contributed by atoms with Gasteiger partial charge in [0.1, 0.15) is 0 Å². The molecule has 0 unspecified atom stereocenters. The molecule has 1 aromatic rings. The van der Waals surface area contributed by atoms with Gasteiger partial charge in [0.25, 0.3) is 0 Å². The molecule has 2 rings (SSSR count). The highest BCUT2D eigenvalue weighted by molar-refractivity contribution is 5.08. The number of hydrogen-bond donors (Lipinski definition) is 1. The van der Waals surface area contributed by atoms with Gasteiger partial charge in [-0.1, -0.05) is 6.07 Å². The smallest absolute Gasteiger partial charge is 0.0312 e. The van der Waals surface area contributed by atoms with E-state index in [-0.39, 0.29) is 0 Å². The van der Waals surface area contributed by atoms with Gasteiger partial charge >= 0.3 is 0 Å². The van der Waals surface area contributed by atoms with E-state index < -0.39 is 0 Å². The maximum absolute atomic E-state index is 5.82. The summed E-state index contributed by atoms with van der Waals surface area (Å²) in [6.45, 7) is 3.13. The zero-order valence-corrected chi connectivity index (χ0v) is 7.69. The van der Waals surface area contributed by atoms with Crippen LogP contribution in [0.1, 0.15) is 12.0 Å². The summed E-state index contributed by atoms with van der Waals surface area (Å²) >= 11 is 0. The summed E-state index contributed by atoms with van der Waals surface area (Å²) in [4.78, 5) is 6.46. The van der Waals surface area contributed by atoms with E-state index in [1.54, 1.807) is 6.20 Å². The summed E-state index contributed by atoms with van der Waals surface area (Å²) in [7, 11) is 0. The zero-order valence-electron chi connectivity index (χ0n) is 7.69. The molecule has 13 heavy (non-hydrogen) atoms. The SMILES string of the molecule is N[C@@H]1CCN(Cc2cccnc2)C1. The van der Waals surface area contributed by atoms with Crippen molar-refractivity contribution < 1.29 is 0 Å². The molecule has 3 heteroatoms. The molecule has 2 heterocycles. The van der Waals surface area contributed by atoms with Crippen molar-refractivity contribution in [2.75, 3.05) is 13.1 Å². The van der Waals surface area contributed by atoms with Crippen molar-refractivity contribution in [2.45, 2.75) is 19.0 Å². The predicted molar refractivity (Wildman–Crippen MR) is 52.1 cm³/mol. The fourth-order valence-corrected chi connectivity index (χ4v) is 1.76. The molecule has 1 aliphatic heterocycles. The van der Waals surface area contributed by atoms with Gasteiger partial charge < -0.3 is 5.73 Å². The topological polar surface area (TPSA) is 42.1 Å². The number of nitrogens with two attached hydrogens (primary N) is 1. The summed E-state index contributed by atoms with van der Waals surface area (Å²) in [6.07, 6.45) is 4.85. The number of likely N-dealkylation sites (tertiary alicyclic amines) is 1. The second-order valence-corrected chi connectivity index (χ2v) is 3.65. The number of hydrogen-bond acceptors (Lipinski definition) is 3. The Morgan fingerprint density at radius 1 is 1.62 bits per heavy atom. The molecule has 0 amide bonds. The maximum atomic E-state index is 5.82. The van der Waals surface area contributed by atoms with E-state index in [4.69, 9.17) is 5.73 Å². The Labute approximate surface area is 78.6 Å². The van der Waals surface area contributed by atoms with Crippen LogP contribution in [0.4, 0.5) is 0 Å². The first kappa shape index (κ1) is 8.66. The normalized spacial score (nSPS) is 23.6. The molecule has 1 fully saturated rings. The standard InChI is InChI=1S/C10H15N3/c11-10-3-5-13(8-10)7-9-2-1-4-12-6-9/h1-2,4,6,10H,3,5,7-8,11H2/t10-/m1/s1. The first-order chi connectivity index (χ1) is 6.34. The molecule has 0 aromatic carbocycles. The van der Waals surface area contributed by atoms with Crippen molar-refractivity contribution in [3.05, 3.63) is 30.1 Å². The van der Waals surface area contributed by atoms with Gasteiger partial charge in [-0.2, -0.15) is 0 Å². The maximum Gasteiger partial charge on any atom is 0.0312 e. The molecular formula is C10H15N3. The van der Waals surface area contributed by atoms with Crippen LogP contribution >= 0.6 is 0 Å². The summed E-state index contributed by atoms with van der Waals surface area (Å²) in [5, 5.41) is 0. The van der Waals surface area contributed by atoms with Crippen LogP contribution in [0.5, 0.6) is 0 Å². The highest BCUT2D eigenvalue weighted by Crippen LogP contribution is 2.10.